The van der Waals surface area contributed by atoms with Crippen LogP contribution >= 0.6 is 0 Å². The normalized spacial score (nSPS) is 23.1. The number of H-pyrrole nitrogens is 1. The minimum Gasteiger partial charge on any atom is -0.497 e. The second kappa shape index (κ2) is 5.70. The molecule has 2 aliphatic rings. The second-order valence-corrected chi connectivity index (χ2v) is 6.24. The van der Waals surface area contributed by atoms with Crippen LogP contribution in [-0.4, -0.2) is 53.3 Å². The third-order valence-electron chi connectivity index (χ3n) is 4.70. The van der Waals surface area contributed by atoms with Crippen molar-refractivity contribution in [3.05, 3.63) is 36.0 Å². The first-order valence-electron chi connectivity index (χ1n) is 7.98. The van der Waals surface area contributed by atoms with Crippen LogP contribution in [0.25, 0.3) is 11.3 Å². The van der Waals surface area contributed by atoms with E-state index in [4.69, 9.17) is 4.74 Å². The van der Waals surface area contributed by atoms with E-state index in [1.54, 1.807) is 7.11 Å². The molecule has 1 aromatic carbocycles. The van der Waals surface area contributed by atoms with Gasteiger partial charge in [-0.05, 0) is 43.2 Å². The highest BCUT2D eigenvalue weighted by Gasteiger charge is 2.34. The smallest absolute Gasteiger partial charge is 0.271 e. The van der Waals surface area contributed by atoms with Crippen LogP contribution in [0.3, 0.4) is 0 Å². The largest absolute Gasteiger partial charge is 0.497 e. The molecule has 6 nitrogen and oxygen atoms in total. The van der Waals surface area contributed by atoms with Crippen molar-refractivity contribution >= 4 is 5.91 Å². The van der Waals surface area contributed by atoms with Crippen LogP contribution in [0.4, 0.5) is 0 Å². The van der Waals surface area contributed by atoms with Crippen LogP contribution in [-0.2, 0) is 0 Å². The average molecular weight is 312 g/mol. The van der Waals surface area contributed by atoms with E-state index in [1.807, 2.05) is 35.2 Å². The summed E-state index contributed by atoms with van der Waals surface area (Å²) >= 11 is 0. The number of fused-ring (bicyclic) bond motifs is 2. The number of hydrogen-bond acceptors (Lipinski definition) is 4. The molecule has 23 heavy (non-hydrogen) atoms. The first-order chi connectivity index (χ1) is 11.2. The second-order valence-electron chi connectivity index (χ2n) is 6.24. The van der Waals surface area contributed by atoms with E-state index in [0.29, 0.717) is 17.8 Å². The summed E-state index contributed by atoms with van der Waals surface area (Å²) in [5.41, 5.74) is 2.28. The van der Waals surface area contributed by atoms with Gasteiger partial charge in [0.25, 0.3) is 5.91 Å². The molecule has 0 spiro atoms. The molecular formula is C17H20N4O2. The third kappa shape index (κ3) is 2.70. The number of carbonyl (C=O) groups excluding carboxylic acids is 1. The summed E-state index contributed by atoms with van der Waals surface area (Å²) in [5, 5.41) is 10.7. The molecular weight excluding hydrogens is 292 g/mol. The van der Waals surface area contributed by atoms with Gasteiger partial charge in [0.15, 0.2) is 0 Å². The molecule has 0 unspecified atom stereocenters. The number of aromatic amines is 1. The maximum Gasteiger partial charge on any atom is 0.271 e. The van der Waals surface area contributed by atoms with Gasteiger partial charge < -0.3 is 15.0 Å². The van der Waals surface area contributed by atoms with Gasteiger partial charge in [-0.2, -0.15) is 5.10 Å². The van der Waals surface area contributed by atoms with Crippen LogP contribution < -0.4 is 10.1 Å². The Labute approximate surface area is 134 Å². The van der Waals surface area contributed by atoms with E-state index < -0.39 is 0 Å². The summed E-state index contributed by atoms with van der Waals surface area (Å²) in [5.74, 6) is 0.840. The zero-order chi connectivity index (χ0) is 15.8. The van der Waals surface area contributed by atoms with Gasteiger partial charge in [-0.15, -0.1) is 0 Å². The molecule has 0 saturated carbocycles. The number of likely N-dealkylation sites (tertiary alicyclic amines) is 1. The van der Waals surface area contributed by atoms with Crippen molar-refractivity contribution in [2.45, 2.75) is 24.9 Å². The summed E-state index contributed by atoms with van der Waals surface area (Å²) in [6.45, 7) is 1.57. The Morgan fingerprint density at radius 1 is 1.22 bits per heavy atom. The fourth-order valence-electron chi connectivity index (χ4n) is 3.47. The molecule has 1 amide bonds. The van der Waals surface area contributed by atoms with Crippen molar-refractivity contribution < 1.29 is 9.53 Å². The molecule has 120 valence electrons. The summed E-state index contributed by atoms with van der Waals surface area (Å²) in [6.07, 6.45) is 2.32. The molecule has 2 aliphatic heterocycles. The van der Waals surface area contributed by atoms with Crippen LogP contribution in [0.5, 0.6) is 5.75 Å². The number of benzene rings is 1. The number of methoxy groups -OCH3 is 1. The molecule has 2 atom stereocenters. The topological polar surface area (TPSA) is 70.2 Å². The SMILES string of the molecule is COc1ccc(-c2cc(C(=O)N3C[C@H]4CC[C@@H](C3)N4)[nH]n2)cc1. The van der Waals surface area contributed by atoms with Gasteiger partial charge >= 0.3 is 0 Å². The number of amides is 1. The molecule has 4 rings (SSSR count). The molecule has 2 bridgehead atoms. The van der Waals surface area contributed by atoms with Crippen LogP contribution in [0.15, 0.2) is 30.3 Å². The fourth-order valence-corrected chi connectivity index (χ4v) is 3.47. The predicted molar refractivity (Wildman–Crippen MR) is 86.4 cm³/mol. The van der Waals surface area contributed by atoms with Crippen molar-refractivity contribution in [3.63, 3.8) is 0 Å². The summed E-state index contributed by atoms with van der Waals surface area (Å²) in [4.78, 5) is 14.6. The Bertz CT molecular complexity index is 698. The molecule has 2 N–H and O–H groups in total. The summed E-state index contributed by atoms with van der Waals surface area (Å²) < 4.78 is 5.16. The zero-order valence-corrected chi connectivity index (χ0v) is 13.1. The molecule has 2 saturated heterocycles. The van der Waals surface area contributed by atoms with Crippen molar-refractivity contribution in [2.24, 2.45) is 0 Å². The first kappa shape index (κ1) is 14.3. The molecule has 1 aromatic heterocycles. The number of hydrogen-bond donors (Lipinski definition) is 2. The summed E-state index contributed by atoms with van der Waals surface area (Å²) in [6, 6.07) is 10.4. The Kier molecular flexibility index (Phi) is 3.53. The molecule has 2 fully saturated rings. The number of rotatable bonds is 3. The van der Waals surface area contributed by atoms with Crippen LogP contribution in [0.2, 0.25) is 0 Å². The lowest BCUT2D eigenvalue weighted by Gasteiger charge is -2.32. The highest BCUT2D eigenvalue weighted by Crippen LogP contribution is 2.24. The Balaban J connectivity index is 1.51. The first-order valence-corrected chi connectivity index (χ1v) is 7.98. The Hall–Kier alpha value is -2.34. The number of carbonyl (C=O) groups is 1. The van der Waals surface area contributed by atoms with Crippen LogP contribution in [0.1, 0.15) is 23.3 Å². The number of nitrogens with one attached hydrogen (secondary N) is 2. The maximum atomic E-state index is 12.7. The lowest BCUT2D eigenvalue weighted by Crippen LogP contribution is -2.53. The average Bonchev–Trinajstić information content (AvgIpc) is 3.21. The molecule has 2 aromatic rings. The van der Waals surface area contributed by atoms with Crippen molar-refractivity contribution in [1.29, 1.82) is 0 Å². The van der Waals surface area contributed by atoms with Gasteiger partial charge in [-0.25, -0.2) is 0 Å². The van der Waals surface area contributed by atoms with Crippen molar-refractivity contribution in [2.75, 3.05) is 20.2 Å². The van der Waals surface area contributed by atoms with E-state index in [9.17, 15) is 4.79 Å². The Morgan fingerprint density at radius 3 is 2.57 bits per heavy atom. The number of piperazine rings is 1. The zero-order valence-electron chi connectivity index (χ0n) is 13.1. The highest BCUT2D eigenvalue weighted by atomic mass is 16.5. The monoisotopic (exact) mass is 312 g/mol. The lowest BCUT2D eigenvalue weighted by molar-refractivity contribution is 0.0691. The Morgan fingerprint density at radius 2 is 1.91 bits per heavy atom. The maximum absolute atomic E-state index is 12.7. The number of ether oxygens (including phenoxy) is 1. The van der Waals surface area contributed by atoms with E-state index in [-0.39, 0.29) is 5.91 Å². The number of nitrogens with zero attached hydrogens (tertiary/aromatic N) is 2. The standard InChI is InChI=1S/C17H20N4O2/c1-23-14-6-2-11(3-7-14)15-8-16(20-19-15)17(22)21-9-12-4-5-13(10-21)18-12/h2-3,6-8,12-13,18H,4-5,9-10H2,1H3,(H,19,20)/t12-,13+. The minimum absolute atomic E-state index is 0.0376. The highest BCUT2D eigenvalue weighted by molar-refractivity contribution is 5.93. The fraction of sp³-hybridized carbons (Fsp3) is 0.412. The third-order valence-corrected chi connectivity index (χ3v) is 4.70. The van der Waals surface area contributed by atoms with Gasteiger partial charge in [-0.3, -0.25) is 9.89 Å². The van der Waals surface area contributed by atoms with E-state index in [2.05, 4.69) is 15.5 Å². The quantitative estimate of drug-likeness (QED) is 0.904. The minimum atomic E-state index is 0.0376. The van der Waals surface area contributed by atoms with Gasteiger partial charge in [-0.1, -0.05) is 0 Å². The van der Waals surface area contributed by atoms with Gasteiger partial charge in [0.2, 0.25) is 0 Å². The van der Waals surface area contributed by atoms with Gasteiger partial charge in [0, 0.05) is 30.7 Å². The molecule has 3 heterocycles. The van der Waals surface area contributed by atoms with Crippen LogP contribution in [0, 0.1) is 0 Å². The van der Waals surface area contributed by atoms with Gasteiger partial charge in [0.05, 0.1) is 12.8 Å². The lowest BCUT2D eigenvalue weighted by atomic mass is 10.1. The molecule has 6 heteroatoms. The van der Waals surface area contributed by atoms with E-state index in [0.717, 1.165) is 42.9 Å². The van der Waals surface area contributed by atoms with Gasteiger partial charge in [0.1, 0.15) is 11.4 Å². The van der Waals surface area contributed by atoms with E-state index >= 15 is 0 Å². The molecule has 0 aliphatic carbocycles. The molecule has 0 radical (unpaired) electrons. The van der Waals surface area contributed by atoms with Crippen molar-refractivity contribution in [1.82, 2.24) is 20.4 Å². The van der Waals surface area contributed by atoms with Crippen molar-refractivity contribution in [3.8, 4) is 17.0 Å². The predicted octanol–water partition coefficient (Wildman–Crippen LogP) is 1.66. The number of aromatic nitrogens is 2. The van der Waals surface area contributed by atoms with E-state index in [1.165, 1.54) is 0 Å². The summed E-state index contributed by atoms with van der Waals surface area (Å²) in [7, 11) is 1.64.